The number of ether oxygens (including phenoxy) is 3. The number of carbonyl (C=O) groups is 2. The third-order valence-corrected chi connectivity index (χ3v) is 10.6. The summed E-state index contributed by atoms with van der Waals surface area (Å²) < 4.78 is 44.7. The van der Waals surface area contributed by atoms with Crippen molar-refractivity contribution in [1.29, 1.82) is 0 Å². The number of nitrogens with zero attached hydrogens (tertiary/aromatic N) is 4. The maximum absolute atomic E-state index is 13.9. The van der Waals surface area contributed by atoms with E-state index in [-0.39, 0.29) is 55.0 Å². The predicted octanol–water partition coefficient (Wildman–Crippen LogP) is 4.47. The Hall–Kier alpha value is -3.11. The number of esters is 1. The molecule has 1 aromatic carbocycles. The number of rotatable bonds is 18. The molecule has 0 spiro atoms. The van der Waals surface area contributed by atoms with Crippen molar-refractivity contribution in [2.24, 2.45) is 23.0 Å². The predicted molar refractivity (Wildman–Crippen MR) is 186 cm³/mol. The van der Waals surface area contributed by atoms with Gasteiger partial charge in [-0.1, -0.05) is 62.9 Å². The summed E-state index contributed by atoms with van der Waals surface area (Å²) in [5, 5.41) is 2.73. The molecule has 1 aliphatic rings. The number of imidazole rings is 1. The second-order valence-corrected chi connectivity index (χ2v) is 15.7. The van der Waals surface area contributed by atoms with Crippen LogP contribution < -0.4 is 21.3 Å². The quantitative estimate of drug-likeness (QED) is 0.0941. The lowest BCUT2D eigenvalue weighted by atomic mass is 9.97. The fraction of sp³-hybridized carbons (Fsp3) is 0.594. The largest absolute Gasteiger partial charge is 0.476 e. The minimum absolute atomic E-state index is 0.0170. The Kier molecular flexibility index (Phi) is 13.6. The van der Waals surface area contributed by atoms with E-state index in [9.17, 15) is 14.2 Å². The third-order valence-electron chi connectivity index (χ3n) is 7.86. The molecule has 17 heteroatoms. The molecule has 5 N–H and O–H groups in total. The molecule has 1 fully saturated rings. The van der Waals surface area contributed by atoms with E-state index in [0.29, 0.717) is 30.1 Å². The number of nitrogens with two attached hydrogens (primary N) is 2. The summed E-state index contributed by atoms with van der Waals surface area (Å²) in [5.74, 6) is -0.0476. The van der Waals surface area contributed by atoms with Crippen LogP contribution >= 0.6 is 19.5 Å². The molecule has 3 heterocycles. The molecule has 49 heavy (non-hydrogen) atoms. The molecule has 0 saturated carbocycles. The highest BCUT2D eigenvalue weighted by Gasteiger charge is 2.37. The van der Waals surface area contributed by atoms with E-state index in [0.717, 1.165) is 17.3 Å². The average Bonchev–Trinajstić information content (AvgIpc) is 3.66. The first kappa shape index (κ1) is 38.7. The zero-order valence-electron chi connectivity index (χ0n) is 28.9. The Bertz CT molecular complexity index is 1610. The van der Waals surface area contributed by atoms with Crippen molar-refractivity contribution in [1.82, 2.24) is 24.6 Å². The highest BCUT2D eigenvalue weighted by atomic mass is 32.2. The van der Waals surface area contributed by atoms with Crippen LogP contribution in [0.15, 0.2) is 36.7 Å². The standard InChI is InChI=1S/C32H48N7O8PS/c1-7-43-27-25-26(37-31(34)38-27)39(19-35-25)28-21(4)15-23(47-28)17-46-48(42,36-16-22-11-9-8-10-12-22)45-13-14-49-30(41)32(5,6)18-44-29(40)24(33)20(2)3/h8-12,19-21,23-24,28H,7,13-18,33H2,1-6H3,(H,36,42)(H2,34,37,38)/t21-,23-,24?,28+,48?/m0/s1. The maximum atomic E-state index is 13.9. The highest BCUT2D eigenvalue weighted by molar-refractivity contribution is 8.13. The van der Waals surface area contributed by atoms with Crippen LogP contribution in [0.1, 0.15) is 59.8 Å². The first-order valence-electron chi connectivity index (χ1n) is 16.3. The summed E-state index contributed by atoms with van der Waals surface area (Å²) in [6.45, 7) is 11.4. The van der Waals surface area contributed by atoms with Gasteiger partial charge in [0.25, 0.3) is 0 Å². The zero-order valence-corrected chi connectivity index (χ0v) is 30.6. The minimum Gasteiger partial charge on any atom is -0.476 e. The summed E-state index contributed by atoms with van der Waals surface area (Å²) in [5.41, 5.74) is 12.7. The fourth-order valence-electron chi connectivity index (χ4n) is 4.96. The van der Waals surface area contributed by atoms with Crippen molar-refractivity contribution in [2.75, 3.05) is 37.9 Å². The monoisotopic (exact) mass is 721 g/mol. The number of carbonyl (C=O) groups excluding carboxylic acids is 2. The van der Waals surface area contributed by atoms with Gasteiger partial charge in [0.2, 0.25) is 11.8 Å². The minimum atomic E-state index is -3.85. The lowest BCUT2D eigenvalue weighted by molar-refractivity contribution is -0.150. The van der Waals surface area contributed by atoms with Crippen LogP contribution in [0.2, 0.25) is 0 Å². The van der Waals surface area contributed by atoms with Crippen LogP contribution in [-0.4, -0.2) is 74.9 Å². The second-order valence-electron chi connectivity index (χ2n) is 12.8. The number of nitrogens with one attached hydrogen (secondary N) is 1. The van der Waals surface area contributed by atoms with Crippen molar-refractivity contribution < 1.29 is 37.4 Å². The van der Waals surface area contributed by atoms with Crippen molar-refractivity contribution in [3.05, 3.63) is 42.2 Å². The van der Waals surface area contributed by atoms with E-state index in [4.69, 9.17) is 34.7 Å². The van der Waals surface area contributed by atoms with Crippen LogP contribution in [-0.2, 0) is 39.2 Å². The van der Waals surface area contributed by atoms with Gasteiger partial charge in [0, 0.05) is 18.2 Å². The van der Waals surface area contributed by atoms with Crippen LogP contribution in [0.3, 0.4) is 0 Å². The molecule has 0 amide bonds. The Morgan fingerprint density at radius 2 is 1.94 bits per heavy atom. The lowest BCUT2D eigenvalue weighted by Crippen LogP contribution is -2.39. The molecule has 2 aromatic heterocycles. The number of hydrogen-bond donors (Lipinski definition) is 3. The number of fused-ring (bicyclic) bond motifs is 1. The summed E-state index contributed by atoms with van der Waals surface area (Å²) in [6, 6.07) is 8.67. The van der Waals surface area contributed by atoms with Crippen molar-refractivity contribution in [3.8, 4) is 5.88 Å². The SMILES string of the molecule is CCOc1nc(N)nc2c1ncn2[C@@H]1O[C@H](COP(=O)(NCc2ccccc2)OCCSC(=O)C(C)(C)COC(=O)C(N)C(C)C)C[C@@H]1C. The number of anilines is 1. The number of benzene rings is 1. The zero-order chi connectivity index (χ0) is 35.8. The van der Waals surface area contributed by atoms with Crippen LogP contribution in [0, 0.1) is 17.3 Å². The Balaban J connectivity index is 1.35. The summed E-state index contributed by atoms with van der Waals surface area (Å²) >= 11 is 1.00. The highest BCUT2D eigenvalue weighted by Crippen LogP contribution is 2.46. The topological polar surface area (TPSA) is 205 Å². The first-order chi connectivity index (χ1) is 23.2. The molecule has 15 nitrogen and oxygen atoms in total. The molecule has 2 unspecified atom stereocenters. The molecule has 270 valence electrons. The smallest absolute Gasteiger partial charge is 0.405 e. The van der Waals surface area contributed by atoms with Gasteiger partial charge >= 0.3 is 13.7 Å². The molecule has 1 aliphatic heterocycles. The van der Waals surface area contributed by atoms with Crippen LogP contribution in [0.5, 0.6) is 5.88 Å². The van der Waals surface area contributed by atoms with E-state index in [1.165, 1.54) is 0 Å². The van der Waals surface area contributed by atoms with Gasteiger partial charge in [-0.25, -0.2) is 14.6 Å². The number of aromatic nitrogens is 4. The maximum Gasteiger partial charge on any atom is 0.405 e. The van der Waals surface area contributed by atoms with Crippen molar-refractivity contribution >= 4 is 47.7 Å². The van der Waals surface area contributed by atoms with Gasteiger partial charge in [0.1, 0.15) is 18.9 Å². The average molecular weight is 722 g/mol. The van der Waals surface area contributed by atoms with E-state index in [1.54, 1.807) is 24.7 Å². The van der Waals surface area contributed by atoms with Gasteiger partial charge < -0.3 is 25.7 Å². The molecule has 4 rings (SSSR count). The second kappa shape index (κ2) is 17.2. The van der Waals surface area contributed by atoms with E-state index in [2.05, 4.69) is 20.0 Å². The third kappa shape index (κ3) is 10.5. The van der Waals surface area contributed by atoms with E-state index >= 15 is 0 Å². The first-order valence-corrected chi connectivity index (χ1v) is 18.8. The van der Waals surface area contributed by atoms with Gasteiger partial charge in [-0.15, -0.1) is 0 Å². The van der Waals surface area contributed by atoms with Gasteiger partial charge in [-0.05, 0) is 38.7 Å². The molecule has 5 atom stereocenters. The van der Waals surface area contributed by atoms with Crippen molar-refractivity contribution in [3.63, 3.8) is 0 Å². The summed E-state index contributed by atoms with van der Waals surface area (Å²) in [4.78, 5) is 38.1. The molecule has 0 radical (unpaired) electrons. The van der Waals surface area contributed by atoms with Gasteiger partial charge in [-0.2, -0.15) is 9.97 Å². The molecular formula is C32H48N7O8PS. The number of thioether (sulfide) groups is 1. The number of nitrogen functional groups attached to an aromatic ring is 1. The van der Waals surface area contributed by atoms with Gasteiger partial charge in [0.05, 0.1) is 37.7 Å². The number of hydrogen-bond acceptors (Lipinski definition) is 14. The van der Waals surface area contributed by atoms with Gasteiger partial charge in [-0.3, -0.25) is 23.2 Å². The molecular weight excluding hydrogens is 673 g/mol. The van der Waals surface area contributed by atoms with Gasteiger partial charge in [0.15, 0.2) is 16.3 Å². The van der Waals surface area contributed by atoms with E-state index in [1.807, 2.05) is 58.0 Å². The van der Waals surface area contributed by atoms with Crippen molar-refractivity contribution in [2.45, 2.75) is 72.9 Å². The molecule has 3 aromatic rings. The van der Waals surface area contributed by atoms with Crippen LogP contribution in [0.25, 0.3) is 11.2 Å². The Morgan fingerprint density at radius 3 is 2.63 bits per heavy atom. The molecule has 0 aliphatic carbocycles. The molecule has 1 saturated heterocycles. The van der Waals surface area contributed by atoms with Crippen LogP contribution in [0.4, 0.5) is 5.95 Å². The summed E-state index contributed by atoms with van der Waals surface area (Å²) in [6.07, 6.45) is 1.37. The van der Waals surface area contributed by atoms with E-state index < -0.39 is 37.5 Å². The Labute approximate surface area is 291 Å². The normalized spacial score (nSPS) is 20.0. The Morgan fingerprint density at radius 1 is 1.20 bits per heavy atom. The molecule has 0 bridgehead atoms. The lowest BCUT2D eigenvalue weighted by Gasteiger charge is -2.24. The summed E-state index contributed by atoms with van der Waals surface area (Å²) in [7, 11) is -3.85. The fourth-order valence-corrected chi connectivity index (χ4v) is 7.21.